The molecule has 2 nitrogen and oxygen atoms in total. The normalized spacial score (nSPS) is 17.7. The summed E-state index contributed by atoms with van der Waals surface area (Å²) < 4.78 is 0. The minimum Gasteiger partial charge on any atom is -0.314 e. The molecule has 5 heteroatoms. The van der Waals surface area contributed by atoms with Crippen molar-refractivity contribution in [2.75, 3.05) is 26.2 Å². The molecular formula is C12H20Cl2N2S. The van der Waals surface area contributed by atoms with Crippen LogP contribution in [0.4, 0.5) is 0 Å². The predicted octanol–water partition coefficient (Wildman–Crippen LogP) is 3.03. The van der Waals surface area contributed by atoms with Gasteiger partial charge < -0.3 is 5.32 Å². The highest BCUT2D eigenvalue weighted by atomic mass is 35.5. The summed E-state index contributed by atoms with van der Waals surface area (Å²) in [5.74, 6) is 0. The third-order valence-corrected chi connectivity index (χ3v) is 3.89. The second kappa shape index (κ2) is 8.11. The third-order valence-electron chi connectivity index (χ3n) is 2.82. The summed E-state index contributed by atoms with van der Waals surface area (Å²) in [5, 5.41) is 3.38. The van der Waals surface area contributed by atoms with Gasteiger partial charge >= 0.3 is 0 Å². The molecular weight excluding hydrogens is 275 g/mol. The summed E-state index contributed by atoms with van der Waals surface area (Å²) in [4.78, 5) is 5.30. The van der Waals surface area contributed by atoms with E-state index in [4.69, 9.17) is 0 Å². The highest BCUT2D eigenvalue weighted by molar-refractivity contribution is 7.12. The zero-order valence-corrected chi connectivity index (χ0v) is 12.5. The Morgan fingerprint density at radius 3 is 2.47 bits per heavy atom. The van der Waals surface area contributed by atoms with Gasteiger partial charge in [-0.2, -0.15) is 0 Å². The standard InChI is InChI=1S/C12H18N2S.2ClH/c1-3-11(12-5-4-10(2)15-12)14-8-6-13-7-9-14;;/h3-5,11,13H,1,6-9H2,2H3;2*1H/t11-;;/m1../s1. The van der Waals surface area contributed by atoms with Crippen LogP contribution in [-0.2, 0) is 0 Å². The van der Waals surface area contributed by atoms with Crippen molar-refractivity contribution in [1.82, 2.24) is 10.2 Å². The number of thiophene rings is 1. The van der Waals surface area contributed by atoms with E-state index >= 15 is 0 Å². The van der Waals surface area contributed by atoms with Gasteiger partial charge in [0.15, 0.2) is 0 Å². The van der Waals surface area contributed by atoms with Crippen molar-refractivity contribution in [3.63, 3.8) is 0 Å². The predicted molar refractivity (Wildman–Crippen MR) is 80.9 cm³/mol. The van der Waals surface area contributed by atoms with Gasteiger partial charge in [-0.05, 0) is 19.1 Å². The monoisotopic (exact) mass is 294 g/mol. The molecule has 0 saturated carbocycles. The molecule has 0 aromatic carbocycles. The summed E-state index contributed by atoms with van der Waals surface area (Å²) in [6, 6.07) is 4.83. The quantitative estimate of drug-likeness (QED) is 0.862. The maximum absolute atomic E-state index is 3.97. The van der Waals surface area contributed by atoms with E-state index in [0.717, 1.165) is 26.2 Å². The van der Waals surface area contributed by atoms with Gasteiger partial charge in [0.1, 0.15) is 0 Å². The molecule has 2 heterocycles. The molecule has 1 fully saturated rings. The number of nitrogens with zero attached hydrogens (tertiary/aromatic N) is 1. The Morgan fingerprint density at radius 2 is 2.00 bits per heavy atom. The van der Waals surface area contributed by atoms with E-state index in [1.54, 1.807) is 0 Å². The molecule has 1 aromatic rings. The smallest absolute Gasteiger partial charge is 0.0624 e. The van der Waals surface area contributed by atoms with Crippen molar-refractivity contribution in [2.45, 2.75) is 13.0 Å². The van der Waals surface area contributed by atoms with Gasteiger partial charge in [-0.3, -0.25) is 4.90 Å². The van der Waals surface area contributed by atoms with Crippen LogP contribution in [0.25, 0.3) is 0 Å². The highest BCUT2D eigenvalue weighted by Crippen LogP contribution is 2.28. The van der Waals surface area contributed by atoms with Crippen molar-refractivity contribution >= 4 is 36.2 Å². The summed E-state index contributed by atoms with van der Waals surface area (Å²) in [5.41, 5.74) is 0. The molecule has 1 atom stereocenters. The van der Waals surface area contributed by atoms with Crippen LogP contribution >= 0.6 is 36.2 Å². The van der Waals surface area contributed by atoms with Crippen LogP contribution in [0.15, 0.2) is 24.8 Å². The Balaban J connectivity index is 0.00000128. The largest absolute Gasteiger partial charge is 0.314 e. The molecule has 1 N–H and O–H groups in total. The number of rotatable bonds is 3. The first kappa shape index (κ1) is 16.9. The highest BCUT2D eigenvalue weighted by Gasteiger charge is 2.20. The van der Waals surface area contributed by atoms with Crippen molar-refractivity contribution in [3.05, 3.63) is 34.5 Å². The molecule has 0 radical (unpaired) electrons. The van der Waals surface area contributed by atoms with Crippen LogP contribution in [0.1, 0.15) is 15.8 Å². The van der Waals surface area contributed by atoms with Gasteiger partial charge in [0.05, 0.1) is 6.04 Å². The minimum absolute atomic E-state index is 0. The Morgan fingerprint density at radius 1 is 1.35 bits per heavy atom. The maximum Gasteiger partial charge on any atom is 0.0624 e. The SMILES string of the molecule is C=C[C@H](c1ccc(C)s1)N1CCNCC1.Cl.Cl. The first-order valence-corrected chi connectivity index (χ1v) is 6.26. The lowest BCUT2D eigenvalue weighted by molar-refractivity contribution is 0.206. The average molecular weight is 295 g/mol. The number of aryl methyl sites for hydroxylation is 1. The van der Waals surface area contributed by atoms with Gasteiger partial charge in [0.25, 0.3) is 0 Å². The van der Waals surface area contributed by atoms with Gasteiger partial charge in [-0.25, -0.2) is 0 Å². The average Bonchev–Trinajstić information content (AvgIpc) is 2.68. The fraction of sp³-hybridized carbons (Fsp3) is 0.500. The Bertz CT molecular complexity index is 335. The van der Waals surface area contributed by atoms with Crippen molar-refractivity contribution in [2.24, 2.45) is 0 Å². The molecule has 0 unspecified atom stereocenters. The lowest BCUT2D eigenvalue weighted by Crippen LogP contribution is -2.44. The second-order valence-electron chi connectivity index (χ2n) is 3.91. The zero-order chi connectivity index (χ0) is 10.7. The van der Waals surface area contributed by atoms with Crippen LogP contribution in [0.3, 0.4) is 0 Å². The van der Waals surface area contributed by atoms with Gasteiger partial charge in [-0.15, -0.1) is 42.7 Å². The van der Waals surface area contributed by atoms with E-state index in [-0.39, 0.29) is 24.8 Å². The lowest BCUT2D eigenvalue weighted by Gasteiger charge is -2.32. The molecule has 0 amide bonds. The van der Waals surface area contributed by atoms with Crippen LogP contribution in [0.2, 0.25) is 0 Å². The second-order valence-corrected chi connectivity index (χ2v) is 5.23. The van der Waals surface area contributed by atoms with E-state index in [1.165, 1.54) is 9.75 Å². The van der Waals surface area contributed by atoms with Crippen LogP contribution in [-0.4, -0.2) is 31.1 Å². The zero-order valence-electron chi connectivity index (χ0n) is 10.0. The van der Waals surface area contributed by atoms with E-state index in [1.807, 2.05) is 11.3 Å². The van der Waals surface area contributed by atoms with Crippen molar-refractivity contribution in [3.8, 4) is 0 Å². The van der Waals surface area contributed by atoms with Crippen LogP contribution in [0, 0.1) is 6.92 Å². The number of hydrogen-bond acceptors (Lipinski definition) is 3. The number of piperazine rings is 1. The molecule has 2 rings (SSSR count). The van der Waals surface area contributed by atoms with Gasteiger partial charge in [-0.1, -0.05) is 6.08 Å². The molecule has 0 bridgehead atoms. The molecule has 17 heavy (non-hydrogen) atoms. The van der Waals surface area contributed by atoms with Crippen molar-refractivity contribution < 1.29 is 0 Å². The van der Waals surface area contributed by atoms with Crippen LogP contribution in [0.5, 0.6) is 0 Å². The maximum atomic E-state index is 3.97. The molecule has 1 aliphatic rings. The minimum atomic E-state index is 0. The molecule has 0 spiro atoms. The summed E-state index contributed by atoms with van der Waals surface area (Å²) in [6.07, 6.45) is 2.07. The van der Waals surface area contributed by atoms with E-state index < -0.39 is 0 Å². The summed E-state index contributed by atoms with van der Waals surface area (Å²) in [7, 11) is 0. The van der Waals surface area contributed by atoms with Gasteiger partial charge in [0.2, 0.25) is 0 Å². The summed E-state index contributed by atoms with van der Waals surface area (Å²) >= 11 is 1.88. The van der Waals surface area contributed by atoms with Gasteiger partial charge in [0, 0.05) is 35.9 Å². The molecule has 0 aliphatic carbocycles. The molecule has 1 saturated heterocycles. The number of halogens is 2. The fourth-order valence-electron chi connectivity index (χ4n) is 2.02. The van der Waals surface area contributed by atoms with E-state index in [0.29, 0.717) is 6.04 Å². The van der Waals surface area contributed by atoms with E-state index in [9.17, 15) is 0 Å². The third kappa shape index (κ3) is 4.27. The fourth-order valence-corrected chi connectivity index (χ4v) is 3.03. The van der Waals surface area contributed by atoms with E-state index in [2.05, 4.69) is 41.9 Å². The Hall–Kier alpha value is -0.0600. The van der Waals surface area contributed by atoms with Crippen molar-refractivity contribution in [1.29, 1.82) is 0 Å². The summed E-state index contributed by atoms with van der Waals surface area (Å²) in [6.45, 7) is 10.5. The number of hydrogen-bond donors (Lipinski definition) is 1. The van der Waals surface area contributed by atoms with Crippen LogP contribution < -0.4 is 5.32 Å². The molecule has 98 valence electrons. The lowest BCUT2D eigenvalue weighted by atomic mass is 10.2. The Kier molecular flexibility index (Phi) is 8.09. The molecule has 1 aliphatic heterocycles. The topological polar surface area (TPSA) is 15.3 Å². The first-order valence-electron chi connectivity index (χ1n) is 5.45. The first-order chi connectivity index (χ1) is 7.31. The Labute approximate surface area is 120 Å². The molecule has 1 aromatic heterocycles. The number of nitrogens with one attached hydrogen (secondary N) is 1.